The number of benzene rings is 2. The molecule has 168 valence electrons. The van der Waals surface area contributed by atoms with Crippen LogP contribution >= 0.6 is 12.4 Å². The Hall–Kier alpha value is -2.32. The van der Waals surface area contributed by atoms with Crippen LogP contribution in [-0.2, 0) is 16.1 Å². The molecule has 8 heteroatoms. The summed E-state index contributed by atoms with van der Waals surface area (Å²) in [5, 5.41) is 0. The number of amides is 1. The van der Waals surface area contributed by atoms with Crippen LogP contribution in [0.4, 0.5) is 5.69 Å². The smallest absolute Gasteiger partial charge is 0.247 e. The molecule has 2 aliphatic heterocycles. The number of nitrogens with two attached hydrogens (primary N) is 1. The fourth-order valence-electron chi connectivity index (χ4n) is 3.86. The minimum atomic E-state index is -0.656. The summed E-state index contributed by atoms with van der Waals surface area (Å²) in [6, 6.07) is 15.1. The summed E-state index contributed by atoms with van der Waals surface area (Å²) < 4.78 is 17.7. The molecule has 0 radical (unpaired) electrons. The second kappa shape index (κ2) is 9.87. The molecule has 1 amide bonds. The second-order valence-corrected chi connectivity index (χ2v) is 8.23. The number of carbonyl (C=O) groups excluding carboxylic acids is 1. The van der Waals surface area contributed by atoms with E-state index in [1.54, 1.807) is 7.05 Å². The Labute approximate surface area is 189 Å². The lowest BCUT2D eigenvalue weighted by Gasteiger charge is -2.47. The number of hydrogen-bond donors (Lipinski definition) is 1. The van der Waals surface area contributed by atoms with Crippen molar-refractivity contribution < 1.29 is 19.0 Å². The van der Waals surface area contributed by atoms with Crippen molar-refractivity contribution in [2.75, 3.05) is 44.8 Å². The number of fused-ring (bicyclic) bond motifs is 1. The summed E-state index contributed by atoms with van der Waals surface area (Å²) >= 11 is 0. The molecule has 2 aliphatic rings. The molecule has 1 saturated heterocycles. The van der Waals surface area contributed by atoms with Crippen LogP contribution < -0.4 is 20.1 Å². The zero-order valence-electron chi connectivity index (χ0n) is 18.0. The molecule has 0 aromatic heterocycles. The van der Waals surface area contributed by atoms with Crippen LogP contribution in [-0.4, -0.2) is 62.3 Å². The fourth-order valence-corrected chi connectivity index (χ4v) is 3.86. The van der Waals surface area contributed by atoms with Crippen molar-refractivity contribution >= 4 is 24.0 Å². The van der Waals surface area contributed by atoms with Gasteiger partial charge in [0, 0.05) is 32.7 Å². The minimum Gasteiger partial charge on any atom is -0.492 e. The quantitative estimate of drug-likeness (QED) is 0.702. The van der Waals surface area contributed by atoms with Crippen LogP contribution in [0, 0.1) is 0 Å². The van der Waals surface area contributed by atoms with E-state index in [1.165, 1.54) is 10.5 Å². The van der Waals surface area contributed by atoms with Crippen molar-refractivity contribution in [1.82, 2.24) is 4.90 Å². The monoisotopic (exact) mass is 447 g/mol. The van der Waals surface area contributed by atoms with Gasteiger partial charge in [-0.15, -0.1) is 12.4 Å². The maximum Gasteiger partial charge on any atom is 0.247 e. The highest BCUT2D eigenvalue weighted by Gasteiger charge is 2.39. The summed E-state index contributed by atoms with van der Waals surface area (Å²) in [5.41, 5.74) is 7.59. The first-order chi connectivity index (χ1) is 14.4. The van der Waals surface area contributed by atoms with Crippen molar-refractivity contribution in [2.24, 2.45) is 5.73 Å². The Balaban J connectivity index is 0.00000272. The summed E-state index contributed by atoms with van der Waals surface area (Å²) in [6.45, 7) is 6.11. The molecule has 0 aliphatic carbocycles. The molecule has 7 nitrogen and oxygen atoms in total. The Bertz CT molecular complexity index is 890. The molecule has 31 heavy (non-hydrogen) atoms. The highest BCUT2D eigenvalue weighted by Crippen LogP contribution is 2.34. The van der Waals surface area contributed by atoms with Gasteiger partial charge in [0.2, 0.25) is 5.91 Å². The third kappa shape index (κ3) is 5.49. The number of likely N-dealkylation sites (tertiary alicyclic amines) is 1. The van der Waals surface area contributed by atoms with Gasteiger partial charge in [-0.25, -0.2) is 0 Å². The molecule has 1 fully saturated rings. The van der Waals surface area contributed by atoms with Crippen molar-refractivity contribution in [3.63, 3.8) is 0 Å². The molecule has 2 heterocycles. The van der Waals surface area contributed by atoms with Gasteiger partial charge in [-0.3, -0.25) is 9.69 Å². The van der Waals surface area contributed by atoms with E-state index in [9.17, 15) is 4.79 Å². The third-order valence-electron chi connectivity index (χ3n) is 5.58. The first-order valence-corrected chi connectivity index (χ1v) is 10.3. The number of nitrogens with zero attached hydrogens (tertiary/aromatic N) is 2. The van der Waals surface area contributed by atoms with E-state index in [4.69, 9.17) is 19.9 Å². The number of halogens is 1. The summed E-state index contributed by atoms with van der Waals surface area (Å²) in [6.07, 6.45) is 0. The highest BCUT2D eigenvalue weighted by atomic mass is 35.5. The van der Waals surface area contributed by atoms with Gasteiger partial charge in [-0.1, -0.05) is 30.3 Å². The molecule has 0 bridgehead atoms. The number of anilines is 1. The number of ether oxygens (including phenoxy) is 3. The van der Waals surface area contributed by atoms with Crippen molar-refractivity contribution in [1.29, 1.82) is 0 Å². The van der Waals surface area contributed by atoms with E-state index in [0.29, 0.717) is 30.4 Å². The Morgan fingerprint density at radius 2 is 1.94 bits per heavy atom. The van der Waals surface area contributed by atoms with Crippen molar-refractivity contribution in [3.8, 4) is 11.5 Å². The predicted octanol–water partition coefficient (Wildman–Crippen LogP) is 2.46. The maximum absolute atomic E-state index is 12.2. The lowest BCUT2D eigenvalue weighted by atomic mass is 9.96. The molecule has 2 N–H and O–H groups in total. The van der Waals surface area contributed by atoms with Crippen LogP contribution in [0.1, 0.15) is 12.5 Å². The molecular formula is C23H30ClN3O4. The second-order valence-electron chi connectivity index (χ2n) is 8.23. The van der Waals surface area contributed by atoms with Gasteiger partial charge in [-0.05, 0) is 24.6 Å². The maximum atomic E-state index is 12.2. The Morgan fingerprint density at radius 1 is 1.19 bits per heavy atom. The molecule has 0 saturated carbocycles. The summed E-state index contributed by atoms with van der Waals surface area (Å²) in [7, 11) is 1.70. The largest absolute Gasteiger partial charge is 0.492 e. The molecule has 4 rings (SSSR count). The van der Waals surface area contributed by atoms with Crippen LogP contribution in [0.5, 0.6) is 11.5 Å². The van der Waals surface area contributed by atoms with Gasteiger partial charge in [-0.2, -0.15) is 0 Å². The minimum absolute atomic E-state index is 0. The topological polar surface area (TPSA) is 77.3 Å². The van der Waals surface area contributed by atoms with E-state index in [2.05, 4.69) is 24.0 Å². The average Bonchev–Trinajstić information content (AvgIpc) is 2.84. The summed E-state index contributed by atoms with van der Waals surface area (Å²) in [5.74, 6) is 1.18. The van der Waals surface area contributed by atoms with E-state index in [0.717, 1.165) is 19.6 Å². The third-order valence-corrected chi connectivity index (χ3v) is 5.58. The van der Waals surface area contributed by atoms with E-state index >= 15 is 0 Å². The number of rotatable bonds is 7. The first-order valence-electron chi connectivity index (χ1n) is 10.3. The van der Waals surface area contributed by atoms with Gasteiger partial charge < -0.3 is 24.8 Å². The number of hydrogen-bond acceptors (Lipinski definition) is 6. The van der Waals surface area contributed by atoms with E-state index < -0.39 is 6.04 Å². The standard InChI is InChI=1S/C23H29N3O4.ClH/c1-23(30-13-17-6-4-3-5-7-17)15-26(16-23)10-11-28-18-8-9-21-20(12-18)25(2)22(27)19(24)14-29-21;/h3-9,12,19H,10-11,13-16,24H2,1-2H3;1H/t19-;/m0./s1. The Kier molecular flexibility index (Phi) is 7.43. The van der Waals surface area contributed by atoms with Gasteiger partial charge in [0.15, 0.2) is 0 Å². The molecule has 0 unspecified atom stereocenters. The molecule has 2 aromatic carbocycles. The molecular weight excluding hydrogens is 418 g/mol. The van der Waals surface area contributed by atoms with Gasteiger partial charge in [0.25, 0.3) is 0 Å². The molecule has 0 spiro atoms. The van der Waals surface area contributed by atoms with Crippen LogP contribution in [0.3, 0.4) is 0 Å². The van der Waals surface area contributed by atoms with Crippen LogP contribution in [0.25, 0.3) is 0 Å². The highest BCUT2D eigenvalue weighted by molar-refractivity contribution is 5.98. The van der Waals surface area contributed by atoms with Gasteiger partial charge in [0.05, 0.1) is 17.9 Å². The fraction of sp³-hybridized carbons (Fsp3) is 0.435. The van der Waals surface area contributed by atoms with Crippen LogP contribution in [0.15, 0.2) is 48.5 Å². The first kappa shape index (κ1) is 23.3. The van der Waals surface area contributed by atoms with Crippen LogP contribution in [0.2, 0.25) is 0 Å². The average molecular weight is 448 g/mol. The molecule has 2 aromatic rings. The van der Waals surface area contributed by atoms with E-state index in [1.807, 2.05) is 36.4 Å². The Morgan fingerprint density at radius 3 is 2.68 bits per heavy atom. The van der Waals surface area contributed by atoms with Gasteiger partial charge >= 0.3 is 0 Å². The summed E-state index contributed by atoms with van der Waals surface area (Å²) in [4.78, 5) is 16.1. The number of likely N-dealkylation sites (N-methyl/N-ethyl adjacent to an activating group) is 1. The van der Waals surface area contributed by atoms with Crippen molar-refractivity contribution in [3.05, 3.63) is 54.1 Å². The molecule has 1 atom stereocenters. The SMILES string of the molecule is CN1C(=O)[C@@H](N)COc2ccc(OCCN3CC(C)(OCc4ccccc4)C3)cc21.Cl. The lowest BCUT2D eigenvalue weighted by molar-refractivity contribution is -0.141. The predicted molar refractivity (Wildman–Crippen MR) is 122 cm³/mol. The zero-order valence-corrected chi connectivity index (χ0v) is 18.8. The van der Waals surface area contributed by atoms with Crippen molar-refractivity contribution in [2.45, 2.75) is 25.2 Å². The normalized spacial score (nSPS) is 20.0. The van der Waals surface area contributed by atoms with E-state index in [-0.39, 0.29) is 30.5 Å². The zero-order chi connectivity index (χ0) is 21.1. The number of carbonyl (C=O) groups is 1. The lowest BCUT2D eigenvalue weighted by Crippen LogP contribution is -2.61. The van der Waals surface area contributed by atoms with Gasteiger partial charge in [0.1, 0.15) is 30.8 Å².